The van der Waals surface area contributed by atoms with Crippen LogP contribution in [0.25, 0.3) is 0 Å². The Kier molecular flexibility index (Phi) is 6.70. The van der Waals surface area contributed by atoms with Gasteiger partial charge >= 0.3 is 11.7 Å². The first-order valence-corrected chi connectivity index (χ1v) is 9.00. The maximum atomic E-state index is 12.7. The van der Waals surface area contributed by atoms with Crippen molar-refractivity contribution in [1.29, 1.82) is 0 Å². The van der Waals surface area contributed by atoms with E-state index in [0.717, 1.165) is 25.7 Å². The van der Waals surface area contributed by atoms with E-state index < -0.39 is 16.8 Å². The highest BCUT2D eigenvalue weighted by Crippen LogP contribution is 2.29. The molecule has 26 heavy (non-hydrogen) atoms. The molecule has 9 heteroatoms. The molecule has 2 rings (SSSR count). The predicted molar refractivity (Wildman–Crippen MR) is 93.9 cm³/mol. The van der Waals surface area contributed by atoms with Crippen molar-refractivity contribution in [2.75, 3.05) is 0 Å². The SMILES string of the molecule is Cc1nn(C)c(C(=O)NC(CCC(=O)O)CC2CCCCC2)c1[N+](=O)[O-]. The fourth-order valence-corrected chi connectivity index (χ4v) is 3.75. The number of aryl methyl sites for hydroxylation is 2. The molecule has 1 aromatic rings. The van der Waals surface area contributed by atoms with Crippen molar-refractivity contribution in [3.8, 4) is 0 Å². The van der Waals surface area contributed by atoms with Gasteiger partial charge in [-0.3, -0.25) is 24.4 Å². The number of carbonyl (C=O) groups is 2. The predicted octanol–water partition coefficient (Wildman–Crippen LogP) is 2.57. The summed E-state index contributed by atoms with van der Waals surface area (Å²) in [7, 11) is 1.49. The zero-order valence-electron chi connectivity index (χ0n) is 15.2. The van der Waals surface area contributed by atoms with Crippen LogP contribution in [0.1, 0.15) is 67.5 Å². The van der Waals surface area contributed by atoms with Crippen LogP contribution in [0.3, 0.4) is 0 Å². The summed E-state index contributed by atoms with van der Waals surface area (Å²) in [6.07, 6.45) is 6.61. The van der Waals surface area contributed by atoms with Gasteiger partial charge in [0.1, 0.15) is 5.69 Å². The molecule has 144 valence electrons. The van der Waals surface area contributed by atoms with Gasteiger partial charge in [0.15, 0.2) is 0 Å². The minimum atomic E-state index is -0.921. The summed E-state index contributed by atoms with van der Waals surface area (Å²) in [5.74, 6) is -1.05. The Balaban J connectivity index is 2.14. The van der Waals surface area contributed by atoms with Crippen molar-refractivity contribution in [3.05, 3.63) is 21.5 Å². The number of nitrogens with zero attached hydrogens (tertiary/aromatic N) is 3. The van der Waals surface area contributed by atoms with Crippen LogP contribution in [0.15, 0.2) is 0 Å². The van der Waals surface area contributed by atoms with E-state index in [1.807, 2.05) is 0 Å². The second-order valence-corrected chi connectivity index (χ2v) is 7.01. The Morgan fingerprint density at radius 2 is 2.04 bits per heavy atom. The molecule has 1 fully saturated rings. The fraction of sp³-hybridized carbons (Fsp3) is 0.706. The molecule has 2 N–H and O–H groups in total. The number of nitro groups is 1. The lowest BCUT2D eigenvalue weighted by molar-refractivity contribution is -0.385. The molecular weight excluding hydrogens is 340 g/mol. The van der Waals surface area contributed by atoms with Gasteiger partial charge in [0.05, 0.1) is 4.92 Å². The third kappa shape index (κ3) is 5.03. The summed E-state index contributed by atoms with van der Waals surface area (Å²) in [6.45, 7) is 1.48. The Bertz CT molecular complexity index is 679. The number of nitrogens with one attached hydrogen (secondary N) is 1. The van der Waals surface area contributed by atoms with E-state index in [9.17, 15) is 19.7 Å². The Hall–Kier alpha value is -2.45. The Morgan fingerprint density at radius 1 is 1.38 bits per heavy atom. The van der Waals surface area contributed by atoms with Crippen LogP contribution >= 0.6 is 0 Å². The van der Waals surface area contributed by atoms with Crippen molar-refractivity contribution in [2.24, 2.45) is 13.0 Å². The standard InChI is InChI=1S/C17H26N4O5/c1-11-15(21(25)26)16(20(2)19-11)17(24)18-13(8-9-14(22)23)10-12-6-4-3-5-7-12/h12-13H,3-10H2,1-2H3,(H,18,24)(H,22,23). The lowest BCUT2D eigenvalue weighted by Crippen LogP contribution is -2.38. The molecule has 1 aliphatic rings. The van der Waals surface area contributed by atoms with E-state index in [4.69, 9.17) is 5.11 Å². The van der Waals surface area contributed by atoms with Gasteiger partial charge in [-0.05, 0) is 25.7 Å². The number of carboxylic acids is 1. The fourth-order valence-electron chi connectivity index (χ4n) is 3.75. The lowest BCUT2D eigenvalue weighted by Gasteiger charge is -2.27. The van der Waals surface area contributed by atoms with Crippen molar-refractivity contribution in [3.63, 3.8) is 0 Å². The maximum absolute atomic E-state index is 12.7. The zero-order valence-corrected chi connectivity index (χ0v) is 15.2. The number of amides is 1. The third-order valence-corrected chi connectivity index (χ3v) is 4.97. The summed E-state index contributed by atoms with van der Waals surface area (Å²) in [4.78, 5) is 34.3. The first-order valence-electron chi connectivity index (χ1n) is 9.00. The topological polar surface area (TPSA) is 127 Å². The highest BCUT2D eigenvalue weighted by molar-refractivity contribution is 5.97. The van der Waals surface area contributed by atoms with Crippen molar-refractivity contribution < 1.29 is 19.6 Å². The molecule has 1 saturated carbocycles. The van der Waals surface area contributed by atoms with Gasteiger partial charge in [-0.2, -0.15) is 5.10 Å². The summed E-state index contributed by atoms with van der Waals surface area (Å²) >= 11 is 0. The molecular formula is C17H26N4O5. The number of aliphatic carboxylic acids is 1. The van der Waals surface area contributed by atoms with Crippen LogP contribution in [0, 0.1) is 23.0 Å². The minimum absolute atomic E-state index is 0.0514. The van der Waals surface area contributed by atoms with E-state index in [1.54, 1.807) is 0 Å². The van der Waals surface area contributed by atoms with Gasteiger partial charge in [-0.25, -0.2) is 0 Å². The molecule has 0 saturated heterocycles. The number of carboxylic acid groups (broad SMARTS) is 1. The summed E-state index contributed by atoms with van der Waals surface area (Å²) in [6, 6.07) is -0.323. The highest BCUT2D eigenvalue weighted by Gasteiger charge is 2.31. The van der Waals surface area contributed by atoms with Crippen molar-refractivity contribution in [1.82, 2.24) is 15.1 Å². The Labute approximate surface area is 151 Å². The number of aromatic nitrogens is 2. The van der Waals surface area contributed by atoms with E-state index in [1.165, 1.54) is 25.1 Å². The third-order valence-electron chi connectivity index (χ3n) is 4.97. The number of hydrogen-bond acceptors (Lipinski definition) is 5. The molecule has 0 aromatic carbocycles. The molecule has 0 spiro atoms. The maximum Gasteiger partial charge on any atom is 0.322 e. The van der Waals surface area contributed by atoms with E-state index in [0.29, 0.717) is 18.8 Å². The van der Waals surface area contributed by atoms with Gasteiger partial charge in [-0.15, -0.1) is 0 Å². The molecule has 1 unspecified atom stereocenters. The van der Waals surface area contributed by atoms with Crippen LogP contribution in [0.4, 0.5) is 5.69 Å². The molecule has 0 aliphatic heterocycles. The van der Waals surface area contributed by atoms with E-state index in [-0.39, 0.29) is 29.5 Å². The van der Waals surface area contributed by atoms with Crippen LogP contribution in [0.2, 0.25) is 0 Å². The number of hydrogen-bond donors (Lipinski definition) is 2. The normalized spacial score (nSPS) is 16.2. The average Bonchev–Trinajstić information content (AvgIpc) is 2.88. The van der Waals surface area contributed by atoms with E-state index in [2.05, 4.69) is 10.4 Å². The van der Waals surface area contributed by atoms with Gasteiger partial charge in [-0.1, -0.05) is 32.1 Å². The smallest absolute Gasteiger partial charge is 0.322 e. The molecule has 1 aliphatic carbocycles. The van der Waals surface area contributed by atoms with E-state index >= 15 is 0 Å². The molecule has 1 amide bonds. The summed E-state index contributed by atoms with van der Waals surface area (Å²) < 4.78 is 1.21. The Morgan fingerprint density at radius 3 is 2.62 bits per heavy atom. The zero-order chi connectivity index (χ0) is 19.3. The van der Waals surface area contributed by atoms with Crippen LogP contribution < -0.4 is 5.32 Å². The van der Waals surface area contributed by atoms with Gasteiger partial charge < -0.3 is 10.4 Å². The molecule has 1 aromatic heterocycles. The minimum Gasteiger partial charge on any atom is -0.481 e. The first-order chi connectivity index (χ1) is 12.3. The first kappa shape index (κ1) is 19.9. The second-order valence-electron chi connectivity index (χ2n) is 7.01. The average molecular weight is 366 g/mol. The number of carbonyl (C=O) groups excluding carboxylic acids is 1. The quantitative estimate of drug-likeness (QED) is 0.537. The van der Waals surface area contributed by atoms with Gasteiger partial charge in [0.25, 0.3) is 5.91 Å². The monoisotopic (exact) mass is 366 g/mol. The molecule has 0 radical (unpaired) electrons. The molecule has 1 atom stereocenters. The highest BCUT2D eigenvalue weighted by atomic mass is 16.6. The van der Waals surface area contributed by atoms with Gasteiger partial charge in [0, 0.05) is 19.5 Å². The van der Waals surface area contributed by atoms with Gasteiger partial charge in [0.2, 0.25) is 5.69 Å². The number of rotatable bonds is 8. The molecule has 0 bridgehead atoms. The largest absolute Gasteiger partial charge is 0.481 e. The van der Waals surface area contributed by atoms with Crippen molar-refractivity contribution in [2.45, 2.75) is 64.3 Å². The lowest BCUT2D eigenvalue weighted by atomic mass is 9.84. The van der Waals surface area contributed by atoms with Crippen LogP contribution in [-0.2, 0) is 11.8 Å². The summed E-state index contributed by atoms with van der Waals surface area (Å²) in [5.41, 5.74) is -0.229. The molecule has 9 nitrogen and oxygen atoms in total. The van der Waals surface area contributed by atoms with Crippen molar-refractivity contribution >= 4 is 17.6 Å². The summed E-state index contributed by atoms with van der Waals surface area (Å²) in [5, 5.41) is 27.0. The van der Waals surface area contributed by atoms with Crippen LogP contribution in [0.5, 0.6) is 0 Å². The van der Waals surface area contributed by atoms with Crippen LogP contribution in [-0.4, -0.2) is 37.7 Å². The molecule has 1 heterocycles. The second kappa shape index (κ2) is 8.77.